The van der Waals surface area contributed by atoms with E-state index in [1.165, 1.54) is 18.2 Å². The Kier molecular flexibility index (Phi) is 3.11. The molecule has 1 aromatic heterocycles. The van der Waals surface area contributed by atoms with Crippen LogP contribution in [0.5, 0.6) is 0 Å². The Morgan fingerprint density at radius 2 is 2.00 bits per heavy atom. The van der Waals surface area contributed by atoms with Crippen LogP contribution in [0.2, 0.25) is 0 Å². The molecule has 120 valence electrons. The normalized spacial score (nSPS) is 13.2. The maximum Gasteiger partial charge on any atom is 0.144 e. The van der Waals surface area contributed by atoms with Crippen LogP contribution in [0.1, 0.15) is 19.4 Å². The molecule has 0 aliphatic carbocycles. The van der Waals surface area contributed by atoms with Crippen LogP contribution in [-0.2, 0) is 6.42 Å². The van der Waals surface area contributed by atoms with Gasteiger partial charge in [-0.1, -0.05) is 19.0 Å². The van der Waals surface area contributed by atoms with Crippen molar-refractivity contribution in [1.82, 2.24) is 10.2 Å². The van der Waals surface area contributed by atoms with Crippen molar-refractivity contribution >= 4 is 17.2 Å². The Labute approximate surface area is 138 Å². The first-order chi connectivity index (χ1) is 12.2. The van der Waals surface area contributed by atoms with Gasteiger partial charge >= 0.3 is 0 Å². The lowest BCUT2D eigenvalue weighted by Crippen LogP contribution is -2.16. The van der Waals surface area contributed by atoms with Crippen LogP contribution < -0.4 is 5.32 Å². The van der Waals surface area contributed by atoms with Gasteiger partial charge in [0.1, 0.15) is 23.2 Å². The fraction of sp³-hybridized carbons (Fsp3) is 0.111. The molecule has 4 nitrogen and oxygen atoms in total. The van der Waals surface area contributed by atoms with E-state index in [9.17, 15) is 8.78 Å². The Morgan fingerprint density at radius 1 is 1.17 bits per heavy atom. The number of hydrogen-bond acceptors (Lipinski definition) is 3. The lowest BCUT2D eigenvalue weighted by Gasteiger charge is -2.09. The van der Waals surface area contributed by atoms with Crippen molar-refractivity contribution in [2.75, 3.05) is 5.32 Å². The highest BCUT2D eigenvalue weighted by atomic mass is 19.1. The topological polar surface area (TPSA) is 53.1 Å². The fourth-order valence-corrected chi connectivity index (χ4v) is 2.73. The standard InChI is InChI=1S/C18H14F2N4/c1-2-10-6-7-14-11(8-10)17-15(9-21-24-17)23-18(22-14)16-12(19)4-3-5-13(16)20/h3-9H,2H2,1H3,(H,21,24)(H,22,23)/i1D. The van der Waals surface area contributed by atoms with Crippen LogP contribution in [0, 0.1) is 11.6 Å². The number of aromatic nitrogens is 2. The summed E-state index contributed by atoms with van der Waals surface area (Å²) >= 11 is 0. The van der Waals surface area contributed by atoms with Crippen molar-refractivity contribution in [2.45, 2.75) is 13.3 Å². The molecule has 0 fully saturated rings. The van der Waals surface area contributed by atoms with Crippen molar-refractivity contribution in [3.63, 3.8) is 0 Å². The summed E-state index contributed by atoms with van der Waals surface area (Å²) in [6.45, 7) is 0.277. The second-order valence-corrected chi connectivity index (χ2v) is 5.43. The van der Waals surface area contributed by atoms with Gasteiger partial charge in [-0.25, -0.2) is 13.8 Å². The predicted molar refractivity (Wildman–Crippen MR) is 89.6 cm³/mol. The van der Waals surface area contributed by atoms with E-state index in [0.29, 0.717) is 23.5 Å². The van der Waals surface area contributed by atoms with Gasteiger partial charge in [-0.3, -0.25) is 5.10 Å². The molecule has 24 heavy (non-hydrogen) atoms. The van der Waals surface area contributed by atoms with Crippen molar-refractivity contribution in [3.05, 3.63) is 65.4 Å². The Bertz CT molecular complexity index is 961. The van der Waals surface area contributed by atoms with Gasteiger partial charge in [0.05, 0.1) is 16.9 Å². The van der Waals surface area contributed by atoms with E-state index in [1.54, 1.807) is 12.3 Å². The number of amidine groups is 1. The molecule has 0 amide bonds. The summed E-state index contributed by atoms with van der Waals surface area (Å²) in [7, 11) is 0. The lowest BCUT2D eigenvalue weighted by molar-refractivity contribution is 0.579. The predicted octanol–water partition coefficient (Wildman–Crippen LogP) is 4.42. The summed E-state index contributed by atoms with van der Waals surface area (Å²) in [5.41, 5.74) is 3.29. The second kappa shape index (κ2) is 5.56. The van der Waals surface area contributed by atoms with Crippen LogP contribution in [0.4, 0.5) is 20.2 Å². The number of aryl methyl sites for hydroxylation is 1. The van der Waals surface area contributed by atoms with E-state index in [0.717, 1.165) is 11.1 Å². The number of aromatic amines is 1. The van der Waals surface area contributed by atoms with Gasteiger partial charge in [-0.2, -0.15) is 5.10 Å². The van der Waals surface area contributed by atoms with E-state index in [-0.39, 0.29) is 18.3 Å². The fourth-order valence-electron chi connectivity index (χ4n) is 2.73. The van der Waals surface area contributed by atoms with E-state index in [2.05, 4.69) is 20.5 Å². The number of rotatable bonds is 2. The van der Waals surface area contributed by atoms with Crippen molar-refractivity contribution in [2.24, 2.45) is 4.99 Å². The number of H-pyrrole nitrogens is 1. The van der Waals surface area contributed by atoms with Crippen LogP contribution in [0.3, 0.4) is 0 Å². The number of benzene rings is 2. The van der Waals surface area contributed by atoms with E-state index in [4.69, 9.17) is 1.37 Å². The molecular weight excluding hydrogens is 310 g/mol. The van der Waals surface area contributed by atoms with Gasteiger partial charge in [0.2, 0.25) is 0 Å². The first-order valence-corrected chi connectivity index (χ1v) is 7.44. The minimum Gasteiger partial charge on any atom is -0.336 e. The zero-order valence-corrected chi connectivity index (χ0v) is 12.6. The maximum atomic E-state index is 14.2. The van der Waals surface area contributed by atoms with Gasteiger partial charge < -0.3 is 5.32 Å². The molecule has 6 heteroatoms. The average molecular weight is 325 g/mol. The third-order valence-corrected chi connectivity index (χ3v) is 3.93. The van der Waals surface area contributed by atoms with E-state index in [1.807, 2.05) is 12.1 Å². The Balaban J connectivity index is 1.93. The van der Waals surface area contributed by atoms with Crippen molar-refractivity contribution < 1.29 is 10.2 Å². The third kappa shape index (κ3) is 2.27. The summed E-state index contributed by atoms with van der Waals surface area (Å²) in [5.74, 6) is -1.29. The molecule has 4 rings (SSSR count). The van der Waals surface area contributed by atoms with Crippen LogP contribution in [0.15, 0.2) is 47.6 Å². The average Bonchev–Trinajstić information content (AvgIpc) is 2.98. The summed E-state index contributed by atoms with van der Waals surface area (Å²) in [6.07, 6.45) is 2.23. The van der Waals surface area contributed by atoms with Crippen LogP contribution in [-0.4, -0.2) is 16.0 Å². The smallest absolute Gasteiger partial charge is 0.144 e. The minimum absolute atomic E-state index is 0.0882. The highest BCUT2D eigenvalue weighted by molar-refractivity contribution is 6.13. The zero-order chi connectivity index (χ0) is 17.4. The first kappa shape index (κ1) is 13.4. The number of halogens is 2. The van der Waals surface area contributed by atoms with E-state index >= 15 is 0 Å². The van der Waals surface area contributed by atoms with Gasteiger partial charge in [-0.05, 0) is 36.2 Å². The molecule has 0 saturated carbocycles. The summed E-state index contributed by atoms with van der Waals surface area (Å²) < 4.78 is 35.8. The van der Waals surface area contributed by atoms with Gasteiger partial charge in [0.15, 0.2) is 0 Å². The molecule has 1 aliphatic rings. The monoisotopic (exact) mass is 325 g/mol. The molecule has 2 heterocycles. The lowest BCUT2D eigenvalue weighted by atomic mass is 10.0. The Morgan fingerprint density at radius 3 is 2.79 bits per heavy atom. The largest absolute Gasteiger partial charge is 0.336 e. The first-order valence-electron chi connectivity index (χ1n) is 8.14. The molecule has 2 N–H and O–H groups in total. The molecular formula is C18H14F2N4. The van der Waals surface area contributed by atoms with Crippen LogP contribution in [0.25, 0.3) is 11.3 Å². The molecule has 0 unspecified atom stereocenters. The number of anilines is 1. The highest BCUT2D eigenvalue weighted by Gasteiger charge is 2.23. The molecule has 0 spiro atoms. The molecule has 0 radical (unpaired) electrons. The van der Waals surface area contributed by atoms with Crippen molar-refractivity contribution in [1.29, 1.82) is 0 Å². The molecule has 0 atom stereocenters. The van der Waals surface area contributed by atoms with Gasteiger partial charge in [-0.15, -0.1) is 0 Å². The maximum absolute atomic E-state index is 14.2. The molecule has 0 saturated heterocycles. The van der Waals surface area contributed by atoms with Crippen LogP contribution >= 0.6 is 0 Å². The Hall–Kier alpha value is -3.02. The van der Waals surface area contributed by atoms with E-state index < -0.39 is 11.6 Å². The molecule has 1 aliphatic heterocycles. The van der Waals surface area contributed by atoms with Crippen molar-refractivity contribution in [3.8, 4) is 11.3 Å². The minimum atomic E-state index is -0.689. The molecule has 0 bridgehead atoms. The van der Waals surface area contributed by atoms with Gasteiger partial charge in [0.25, 0.3) is 0 Å². The summed E-state index contributed by atoms with van der Waals surface area (Å²) in [6, 6.07) is 9.27. The second-order valence-electron chi connectivity index (χ2n) is 5.43. The highest BCUT2D eigenvalue weighted by Crippen LogP contribution is 2.38. The quantitative estimate of drug-likeness (QED) is 0.733. The molecule has 2 aromatic carbocycles. The summed E-state index contributed by atoms with van der Waals surface area (Å²) in [5, 5.41) is 9.98. The SMILES string of the molecule is [2H]CCc1ccc2c(c1)-c1n[nH]cc1NC(c1c(F)cccc1F)=N2. The number of nitrogens with one attached hydrogen (secondary N) is 2. The zero-order valence-electron chi connectivity index (χ0n) is 13.6. The molecule has 3 aromatic rings. The summed E-state index contributed by atoms with van der Waals surface area (Å²) in [4.78, 5) is 4.44. The number of aliphatic imine (C=N–C) groups is 1. The number of fused-ring (bicyclic) bond motifs is 3. The van der Waals surface area contributed by atoms with Gasteiger partial charge in [0, 0.05) is 13.1 Å². The number of hydrogen-bond donors (Lipinski definition) is 2. The third-order valence-electron chi connectivity index (χ3n) is 3.93. The number of nitrogens with zero attached hydrogens (tertiary/aromatic N) is 2.